The van der Waals surface area contributed by atoms with Crippen LogP contribution >= 0.6 is 0 Å². The van der Waals surface area contributed by atoms with Crippen molar-refractivity contribution in [3.8, 4) is 0 Å². The Morgan fingerprint density at radius 1 is 1.21 bits per heavy atom. The summed E-state index contributed by atoms with van der Waals surface area (Å²) in [5, 5.41) is 7.01. The molecule has 1 atom stereocenters. The molecule has 0 bridgehead atoms. The number of nitrogens with zero attached hydrogens (tertiary/aromatic N) is 1. The standard InChI is InChI=1S/C11H23N3/c1-2-7-14(8-3-1)9-6-13-11-4-5-12-10-11/h11-13H,1-10H2. The maximum absolute atomic E-state index is 3.62. The van der Waals surface area contributed by atoms with Crippen LogP contribution in [0.3, 0.4) is 0 Å². The number of nitrogens with one attached hydrogen (secondary N) is 2. The summed E-state index contributed by atoms with van der Waals surface area (Å²) in [6.07, 6.45) is 5.56. The van der Waals surface area contributed by atoms with Gasteiger partial charge in [-0.2, -0.15) is 0 Å². The first-order chi connectivity index (χ1) is 6.95. The van der Waals surface area contributed by atoms with E-state index in [2.05, 4.69) is 15.5 Å². The first-order valence-electron chi connectivity index (χ1n) is 6.11. The third-order valence-corrected chi connectivity index (χ3v) is 3.37. The van der Waals surface area contributed by atoms with Crippen molar-refractivity contribution in [1.82, 2.24) is 15.5 Å². The van der Waals surface area contributed by atoms with Gasteiger partial charge >= 0.3 is 0 Å². The van der Waals surface area contributed by atoms with Crippen LogP contribution in [0.15, 0.2) is 0 Å². The zero-order valence-electron chi connectivity index (χ0n) is 9.10. The predicted octanol–water partition coefficient (Wildman–Crippen LogP) is 0.424. The van der Waals surface area contributed by atoms with E-state index in [0.717, 1.165) is 6.04 Å². The summed E-state index contributed by atoms with van der Waals surface area (Å²) < 4.78 is 0. The molecule has 14 heavy (non-hydrogen) atoms. The molecule has 2 rings (SSSR count). The van der Waals surface area contributed by atoms with Crippen LogP contribution in [0.1, 0.15) is 25.7 Å². The molecule has 0 aromatic heterocycles. The number of hydrogen-bond donors (Lipinski definition) is 2. The minimum Gasteiger partial charge on any atom is -0.315 e. The number of hydrogen-bond acceptors (Lipinski definition) is 3. The van der Waals surface area contributed by atoms with Gasteiger partial charge in [0.2, 0.25) is 0 Å². The molecule has 0 amide bonds. The fraction of sp³-hybridized carbons (Fsp3) is 1.00. The van der Waals surface area contributed by atoms with Crippen LogP contribution in [0, 0.1) is 0 Å². The average Bonchev–Trinajstić information content (AvgIpc) is 2.72. The van der Waals surface area contributed by atoms with Crippen molar-refractivity contribution < 1.29 is 0 Å². The Morgan fingerprint density at radius 3 is 2.79 bits per heavy atom. The Balaban J connectivity index is 1.52. The summed E-state index contributed by atoms with van der Waals surface area (Å²) in [7, 11) is 0. The summed E-state index contributed by atoms with van der Waals surface area (Å²) in [6.45, 7) is 7.43. The van der Waals surface area contributed by atoms with Crippen molar-refractivity contribution in [1.29, 1.82) is 0 Å². The second-order valence-electron chi connectivity index (χ2n) is 4.55. The second-order valence-corrected chi connectivity index (χ2v) is 4.55. The Bertz CT molecular complexity index is 149. The van der Waals surface area contributed by atoms with Crippen LogP contribution in [0.4, 0.5) is 0 Å². The van der Waals surface area contributed by atoms with Crippen LogP contribution in [-0.2, 0) is 0 Å². The Hall–Kier alpha value is -0.120. The van der Waals surface area contributed by atoms with Crippen molar-refractivity contribution in [2.75, 3.05) is 39.3 Å². The van der Waals surface area contributed by atoms with E-state index in [9.17, 15) is 0 Å². The minimum atomic E-state index is 0.736. The van der Waals surface area contributed by atoms with Gasteiger partial charge in [-0.15, -0.1) is 0 Å². The van der Waals surface area contributed by atoms with Gasteiger partial charge in [-0.1, -0.05) is 6.42 Å². The van der Waals surface area contributed by atoms with Crippen LogP contribution in [-0.4, -0.2) is 50.2 Å². The monoisotopic (exact) mass is 197 g/mol. The Kier molecular flexibility index (Phi) is 4.22. The smallest absolute Gasteiger partial charge is 0.0205 e. The topological polar surface area (TPSA) is 27.3 Å². The molecule has 2 aliphatic rings. The molecule has 2 saturated heterocycles. The van der Waals surface area contributed by atoms with Gasteiger partial charge in [0.25, 0.3) is 0 Å². The van der Waals surface area contributed by atoms with E-state index >= 15 is 0 Å². The maximum atomic E-state index is 3.62. The number of rotatable bonds is 4. The highest BCUT2D eigenvalue weighted by molar-refractivity contribution is 4.77. The van der Waals surface area contributed by atoms with Crippen molar-refractivity contribution >= 4 is 0 Å². The molecule has 0 aromatic rings. The lowest BCUT2D eigenvalue weighted by molar-refractivity contribution is 0.227. The zero-order valence-corrected chi connectivity index (χ0v) is 9.10. The SMILES string of the molecule is C1CCN(CCNC2CCNC2)CC1. The first kappa shape index (κ1) is 10.4. The van der Waals surface area contributed by atoms with Gasteiger partial charge < -0.3 is 15.5 Å². The van der Waals surface area contributed by atoms with Crippen molar-refractivity contribution in [2.45, 2.75) is 31.7 Å². The molecule has 2 aliphatic heterocycles. The highest BCUT2D eigenvalue weighted by atomic mass is 15.1. The molecule has 1 unspecified atom stereocenters. The molecule has 2 heterocycles. The molecule has 0 spiro atoms. The van der Waals surface area contributed by atoms with Crippen LogP contribution in [0.2, 0.25) is 0 Å². The van der Waals surface area contributed by atoms with E-state index in [1.165, 1.54) is 65.0 Å². The van der Waals surface area contributed by atoms with E-state index in [1.807, 2.05) is 0 Å². The molecular weight excluding hydrogens is 174 g/mol. The molecule has 3 nitrogen and oxygen atoms in total. The first-order valence-corrected chi connectivity index (χ1v) is 6.11. The third-order valence-electron chi connectivity index (χ3n) is 3.37. The predicted molar refractivity (Wildman–Crippen MR) is 59.6 cm³/mol. The molecule has 0 radical (unpaired) electrons. The fourth-order valence-electron chi connectivity index (χ4n) is 2.44. The molecule has 2 N–H and O–H groups in total. The molecule has 0 aliphatic carbocycles. The Morgan fingerprint density at radius 2 is 2.07 bits per heavy atom. The van der Waals surface area contributed by atoms with Gasteiger partial charge in [-0.3, -0.25) is 0 Å². The number of likely N-dealkylation sites (tertiary alicyclic amines) is 1. The van der Waals surface area contributed by atoms with E-state index in [-0.39, 0.29) is 0 Å². The van der Waals surface area contributed by atoms with Gasteiger partial charge in [0.05, 0.1) is 0 Å². The zero-order chi connectivity index (χ0) is 9.64. The van der Waals surface area contributed by atoms with E-state index in [0.29, 0.717) is 0 Å². The lowest BCUT2D eigenvalue weighted by Crippen LogP contribution is -2.39. The summed E-state index contributed by atoms with van der Waals surface area (Å²) in [4.78, 5) is 2.60. The highest BCUT2D eigenvalue weighted by Gasteiger charge is 2.14. The third kappa shape index (κ3) is 3.23. The quantitative estimate of drug-likeness (QED) is 0.684. The van der Waals surface area contributed by atoms with Crippen LogP contribution < -0.4 is 10.6 Å². The average molecular weight is 197 g/mol. The minimum absolute atomic E-state index is 0.736. The molecule has 0 aromatic carbocycles. The summed E-state index contributed by atoms with van der Waals surface area (Å²) >= 11 is 0. The lowest BCUT2D eigenvalue weighted by Gasteiger charge is -2.26. The van der Waals surface area contributed by atoms with Gasteiger partial charge in [0, 0.05) is 25.7 Å². The van der Waals surface area contributed by atoms with Gasteiger partial charge in [0.1, 0.15) is 0 Å². The molecule has 2 fully saturated rings. The fourth-order valence-corrected chi connectivity index (χ4v) is 2.44. The van der Waals surface area contributed by atoms with E-state index in [1.54, 1.807) is 0 Å². The van der Waals surface area contributed by atoms with Crippen LogP contribution in [0.25, 0.3) is 0 Å². The van der Waals surface area contributed by atoms with Crippen LogP contribution in [0.5, 0.6) is 0 Å². The Labute approximate surface area is 87.2 Å². The summed E-state index contributed by atoms with van der Waals surface area (Å²) in [5.74, 6) is 0. The van der Waals surface area contributed by atoms with Crippen molar-refractivity contribution in [3.05, 3.63) is 0 Å². The maximum Gasteiger partial charge on any atom is 0.0205 e. The normalized spacial score (nSPS) is 29.6. The lowest BCUT2D eigenvalue weighted by atomic mass is 10.1. The van der Waals surface area contributed by atoms with Gasteiger partial charge in [-0.05, 0) is 38.9 Å². The molecular formula is C11H23N3. The molecule has 0 saturated carbocycles. The van der Waals surface area contributed by atoms with E-state index in [4.69, 9.17) is 0 Å². The second kappa shape index (κ2) is 5.69. The summed E-state index contributed by atoms with van der Waals surface area (Å²) in [6, 6.07) is 0.736. The highest BCUT2D eigenvalue weighted by Crippen LogP contribution is 2.07. The summed E-state index contributed by atoms with van der Waals surface area (Å²) in [5.41, 5.74) is 0. The van der Waals surface area contributed by atoms with Gasteiger partial charge in [0.15, 0.2) is 0 Å². The largest absolute Gasteiger partial charge is 0.315 e. The number of piperidine rings is 1. The van der Waals surface area contributed by atoms with Gasteiger partial charge in [-0.25, -0.2) is 0 Å². The molecule has 82 valence electrons. The van der Waals surface area contributed by atoms with E-state index < -0.39 is 0 Å². The van der Waals surface area contributed by atoms with Crippen molar-refractivity contribution in [3.63, 3.8) is 0 Å². The molecule has 3 heteroatoms. The van der Waals surface area contributed by atoms with Crippen molar-refractivity contribution in [2.24, 2.45) is 0 Å².